The van der Waals surface area contributed by atoms with Gasteiger partial charge in [-0.25, -0.2) is 4.99 Å². The van der Waals surface area contributed by atoms with Crippen molar-refractivity contribution in [1.82, 2.24) is 15.8 Å². The van der Waals surface area contributed by atoms with Crippen molar-refractivity contribution in [1.29, 1.82) is 0 Å². The molecule has 1 heterocycles. The fraction of sp³-hybridized carbons (Fsp3) is 0.545. The van der Waals surface area contributed by atoms with E-state index >= 15 is 0 Å². The molecule has 2 aromatic rings. The van der Waals surface area contributed by atoms with Crippen LogP contribution in [0.25, 0.3) is 0 Å². The molecule has 0 aliphatic rings. The van der Waals surface area contributed by atoms with Crippen molar-refractivity contribution < 1.29 is 14.0 Å². The molecule has 8 heteroatoms. The Balaban J connectivity index is 0.00000450. The summed E-state index contributed by atoms with van der Waals surface area (Å²) in [6.07, 6.45) is 2.57. The molecule has 0 radical (unpaired) electrons. The molecule has 30 heavy (non-hydrogen) atoms. The molecular formula is C22H35IN4O3. The van der Waals surface area contributed by atoms with Crippen molar-refractivity contribution in [3.05, 3.63) is 46.8 Å². The number of aryl methyl sites for hydroxylation is 2. The number of hydrogen-bond acceptors (Lipinski definition) is 5. The van der Waals surface area contributed by atoms with E-state index in [9.17, 15) is 0 Å². The fourth-order valence-corrected chi connectivity index (χ4v) is 2.91. The van der Waals surface area contributed by atoms with E-state index in [2.05, 4.69) is 36.6 Å². The van der Waals surface area contributed by atoms with Gasteiger partial charge in [0, 0.05) is 31.7 Å². The molecule has 168 valence electrons. The normalized spacial score (nSPS) is 11.1. The number of aromatic nitrogens is 1. The van der Waals surface area contributed by atoms with Crippen LogP contribution in [0, 0.1) is 0 Å². The van der Waals surface area contributed by atoms with Crippen LogP contribution < -0.4 is 15.4 Å². The lowest BCUT2D eigenvalue weighted by Gasteiger charge is -2.11. The molecule has 2 rings (SSSR count). The molecule has 2 N–H and O–H groups in total. The van der Waals surface area contributed by atoms with Crippen LogP contribution in [0.3, 0.4) is 0 Å². The van der Waals surface area contributed by atoms with E-state index in [0.717, 1.165) is 66.6 Å². The minimum Gasteiger partial charge on any atom is -0.497 e. The Bertz CT molecular complexity index is 726. The number of guanidine groups is 1. The quantitative estimate of drug-likeness (QED) is 0.186. The van der Waals surface area contributed by atoms with Gasteiger partial charge in [0.05, 0.1) is 26.0 Å². The summed E-state index contributed by atoms with van der Waals surface area (Å²) in [6, 6.07) is 7.94. The maximum Gasteiger partial charge on any atom is 0.191 e. The van der Waals surface area contributed by atoms with E-state index in [-0.39, 0.29) is 24.0 Å². The van der Waals surface area contributed by atoms with Gasteiger partial charge in [-0.15, -0.1) is 24.0 Å². The number of benzene rings is 1. The average Bonchev–Trinajstić information content (AvgIpc) is 3.16. The lowest BCUT2D eigenvalue weighted by Crippen LogP contribution is -2.38. The maximum atomic E-state index is 5.75. The largest absolute Gasteiger partial charge is 0.497 e. The maximum absolute atomic E-state index is 5.75. The van der Waals surface area contributed by atoms with Crippen LogP contribution in [0.1, 0.15) is 49.8 Å². The highest BCUT2D eigenvalue weighted by molar-refractivity contribution is 14.0. The molecule has 1 aromatic carbocycles. The molecule has 0 spiro atoms. The molecule has 0 fully saturated rings. The zero-order valence-corrected chi connectivity index (χ0v) is 20.8. The number of rotatable bonds is 12. The van der Waals surface area contributed by atoms with Crippen LogP contribution in [-0.2, 0) is 30.7 Å². The first-order valence-corrected chi connectivity index (χ1v) is 10.4. The third-order valence-electron chi connectivity index (χ3n) is 4.53. The summed E-state index contributed by atoms with van der Waals surface area (Å²) in [5, 5.41) is 10.8. The van der Waals surface area contributed by atoms with Crippen LogP contribution in [0.15, 0.2) is 33.8 Å². The second-order valence-electron chi connectivity index (χ2n) is 6.61. The van der Waals surface area contributed by atoms with Gasteiger partial charge < -0.3 is 24.6 Å². The topological polar surface area (TPSA) is 80.9 Å². The fourth-order valence-electron chi connectivity index (χ4n) is 2.91. The minimum atomic E-state index is 0. The Hall–Kier alpha value is -1.81. The predicted octanol–water partition coefficient (Wildman–Crippen LogP) is 4.09. The number of nitrogens with zero attached hydrogens (tertiary/aromatic N) is 2. The Morgan fingerprint density at radius 2 is 1.87 bits per heavy atom. The monoisotopic (exact) mass is 530 g/mol. The number of aliphatic imine (C=N–C) groups is 1. The molecule has 0 aliphatic heterocycles. The Labute approximate surface area is 197 Å². The first kappa shape index (κ1) is 26.2. The number of methoxy groups -OCH3 is 1. The SMILES string of the molecule is CCNC(=NCc1c(CC)noc1CC)NCCCOCc1ccc(OC)cc1.I. The van der Waals surface area contributed by atoms with Crippen molar-refractivity contribution in [2.75, 3.05) is 26.8 Å². The van der Waals surface area contributed by atoms with Gasteiger partial charge in [0.2, 0.25) is 0 Å². The molecule has 0 saturated carbocycles. The standard InChI is InChI=1S/C22H34N4O3.HI/c1-5-20-19(21(6-2)29-26-20)15-25-22(23-7-3)24-13-8-14-28-16-17-9-11-18(27-4)12-10-17;/h9-12H,5-8,13-16H2,1-4H3,(H2,23,24,25);1H. The zero-order valence-electron chi connectivity index (χ0n) is 18.5. The lowest BCUT2D eigenvalue weighted by atomic mass is 10.1. The van der Waals surface area contributed by atoms with Crippen molar-refractivity contribution in [2.24, 2.45) is 4.99 Å². The molecular weight excluding hydrogens is 495 g/mol. The minimum absolute atomic E-state index is 0. The number of nitrogens with one attached hydrogen (secondary N) is 2. The number of ether oxygens (including phenoxy) is 2. The first-order chi connectivity index (χ1) is 14.2. The number of halogens is 1. The van der Waals surface area contributed by atoms with E-state index < -0.39 is 0 Å². The third-order valence-corrected chi connectivity index (χ3v) is 4.53. The summed E-state index contributed by atoms with van der Waals surface area (Å²) in [6.45, 7) is 9.67. The van der Waals surface area contributed by atoms with Crippen molar-refractivity contribution in [3.8, 4) is 5.75 Å². The highest BCUT2D eigenvalue weighted by Gasteiger charge is 2.13. The molecule has 0 amide bonds. The van der Waals surface area contributed by atoms with Gasteiger partial charge in [-0.2, -0.15) is 0 Å². The van der Waals surface area contributed by atoms with Crippen LogP contribution in [-0.4, -0.2) is 37.9 Å². The van der Waals surface area contributed by atoms with Crippen molar-refractivity contribution in [2.45, 2.75) is 53.2 Å². The highest BCUT2D eigenvalue weighted by atomic mass is 127. The average molecular weight is 530 g/mol. The smallest absolute Gasteiger partial charge is 0.191 e. The molecule has 7 nitrogen and oxygen atoms in total. The van der Waals surface area contributed by atoms with Gasteiger partial charge >= 0.3 is 0 Å². The molecule has 0 atom stereocenters. The first-order valence-electron chi connectivity index (χ1n) is 10.4. The summed E-state index contributed by atoms with van der Waals surface area (Å²) in [7, 11) is 1.67. The van der Waals surface area contributed by atoms with Gasteiger partial charge in [0.15, 0.2) is 5.96 Å². The van der Waals surface area contributed by atoms with E-state index in [1.54, 1.807) is 7.11 Å². The van der Waals surface area contributed by atoms with Crippen LogP contribution in [0.2, 0.25) is 0 Å². The van der Waals surface area contributed by atoms with Crippen LogP contribution in [0.5, 0.6) is 5.75 Å². The van der Waals surface area contributed by atoms with Crippen molar-refractivity contribution in [3.63, 3.8) is 0 Å². The van der Waals surface area contributed by atoms with Crippen LogP contribution in [0.4, 0.5) is 0 Å². The van der Waals surface area contributed by atoms with Crippen molar-refractivity contribution >= 4 is 29.9 Å². The Morgan fingerprint density at radius 3 is 2.50 bits per heavy atom. The van der Waals surface area contributed by atoms with Gasteiger partial charge in [0.1, 0.15) is 11.5 Å². The molecule has 0 saturated heterocycles. The summed E-state index contributed by atoms with van der Waals surface area (Å²) in [5.41, 5.74) is 3.24. The summed E-state index contributed by atoms with van der Waals surface area (Å²) >= 11 is 0. The molecule has 0 bridgehead atoms. The zero-order chi connectivity index (χ0) is 20.9. The Morgan fingerprint density at radius 1 is 1.10 bits per heavy atom. The van der Waals surface area contributed by atoms with Gasteiger partial charge in [-0.1, -0.05) is 31.1 Å². The van der Waals surface area contributed by atoms with E-state index in [0.29, 0.717) is 19.8 Å². The molecule has 0 unspecified atom stereocenters. The summed E-state index contributed by atoms with van der Waals surface area (Å²) in [4.78, 5) is 4.70. The van der Waals surface area contributed by atoms with E-state index in [1.807, 2.05) is 24.3 Å². The second-order valence-corrected chi connectivity index (χ2v) is 6.61. The van der Waals surface area contributed by atoms with Gasteiger partial charge in [-0.05, 0) is 37.5 Å². The van der Waals surface area contributed by atoms with E-state index in [4.69, 9.17) is 19.0 Å². The van der Waals surface area contributed by atoms with E-state index in [1.165, 1.54) is 0 Å². The third kappa shape index (κ3) is 8.51. The van der Waals surface area contributed by atoms with Gasteiger partial charge in [0.25, 0.3) is 0 Å². The molecule has 1 aromatic heterocycles. The van der Waals surface area contributed by atoms with Crippen LogP contribution >= 0.6 is 24.0 Å². The second kappa shape index (κ2) is 15.1. The lowest BCUT2D eigenvalue weighted by molar-refractivity contribution is 0.119. The summed E-state index contributed by atoms with van der Waals surface area (Å²) in [5.74, 6) is 2.58. The highest BCUT2D eigenvalue weighted by Crippen LogP contribution is 2.16. The Kier molecular flexibility index (Phi) is 13.2. The summed E-state index contributed by atoms with van der Waals surface area (Å²) < 4.78 is 16.3. The number of hydrogen-bond donors (Lipinski definition) is 2. The molecule has 0 aliphatic carbocycles. The predicted molar refractivity (Wildman–Crippen MR) is 131 cm³/mol. The van der Waals surface area contributed by atoms with Gasteiger partial charge in [-0.3, -0.25) is 0 Å².